The number of rotatable bonds is 7. The van der Waals surface area contributed by atoms with Crippen molar-refractivity contribution in [3.8, 4) is 0 Å². The molecule has 16 nitrogen and oxygen atoms in total. The number of aliphatic carboxylic acids is 3. The molecule has 0 aromatic heterocycles. The van der Waals surface area contributed by atoms with Gasteiger partial charge in [0, 0.05) is 5.92 Å². The monoisotopic (exact) mass is 808 g/mol. The highest BCUT2D eigenvalue weighted by molar-refractivity contribution is 5.95. The van der Waals surface area contributed by atoms with Crippen LogP contribution in [-0.2, 0) is 38.1 Å². The molecule has 320 valence electrons. The average molecular weight is 809 g/mol. The minimum absolute atomic E-state index is 0.0107. The van der Waals surface area contributed by atoms with Gasteiger partial charge in [-0.2, -0.15) is 0 Å². The van der Waals surface area contributed by atoms with Crippen LogP contribution in [0.2, 0.25) is 0 Å². The number of ketones is 1. The summed E-state index contributed by atoms with van der Waals surface area (Å²) in [5.41, 5.74) is -0.867. The first kappa shape index (κ1) is 42.6. The van der Waals surface area contributed by atoms with Gasteiger partial charge >= 0.3 is 17.9 Å². The molecule has 0 spiro atoms. The third kappa shape index (κ3) is 6.34. The summed E-state index contributed by atoms with van der Waals surface area (Å²) in [5.74, 6) is -4.84. The van der Waals surface area contributed by atoms with E-state index in [4.69, 9.17) is 18.9 Å². The number of hydrogen-bond acceptors (Lipinski definition) is 13. The van der Waals surface area contributed by atoms with Crippen molar-refractivity contribution >= 4 is 23.7 Å². The summed E-state index contributed by atoms with van der Waals surface area (Å²) in [4.78, 5) is 50.9. The van der Waals surface area contributed by atoms with Crippen LogP contribution in [-0.4, -0.2) is 132 Å². The van der Waals surface area contributed by atoms with Crippen LogP contribution >= 0.6 is 0 Å². The molecule has 7 aliphatic rings. The number of fused-ring (bicyclic) bond motifs is 7. The van der Waals surface area contributed by atoms with Gasteiger partial charge in [-0.05, 0) is 103 Å². The molecule has 16 heteroatoms. The van der Waals surface area contributed by atoms with Gasteiger partial charge in [0.15, 0.2) is 30.6 Å². The van der Waals surface area contributed by atoms with Crippen molar-refractivity contribution < 1.29 is 79.0 Å². The molecular weight excluding hydrogens is 748 g/mol. The number of ether oxygens (including phenoxy) is 4. The average Bonchev–Trinajstić information content (AvgIpc) is 3.12. The van der Waals surface area contributed by atoms with Crippen molar-refractivity contribution in [3.05, 3.63) is 11.6 Å². The number of hydrogen-bond donors (Lipinski definition) is 8. The molecule has 7 rings (SSSR count). The first-order valence-corrected chi connectivity index (χ1v) is 20.4. The summed E-state index contributed by atoms with van der Waals surface area (Å²) in [6, 6.07) is 0. The molecule has 0 radical (unpaired) electrons. The zero-order valence-electron chi connectivity index (χ0n) is 33.4. The molecule has 2 heterocycles. The molecule has 19 atom stereocenters. The minimum Gasteiger partial charge on any atom is -0.481 e. The summed E-state index contributed by atoms with van der Waals surface area (Å²) in [6.07, 6.45) is -12.1. The van der Waals surface area contributed by atoms with Crippen LogP contribution in [0.25, 0.3) is 0 Å². The summed E-state index contributed by atoms with van der Waals surface area (Å²) < 4.78 is 23.3. The van der Waals surface area contributed by atoms with Gasteiger partial charge in [0.25, 0.3) is 0 Å². The Morgan fingerprint density at radius 2 is 1.30 bits per heavy atom. The standard InChI is InChI=1S/C41H60O16/c1-37(2)21-8-12-41(6)31(20(42)16-19-18-15-17(32(48)49)7-10-38(18,3)13-14-40(19,41)5)39(21,4)11-9-22(37)54-36-30(26(46)25(45)29(56-36)34(52)53)57-35-27(47)23(43)24(44)28(55-35)33(50)51/h16-18,21-31,35-36,43-47H,7-15H2,1-6H3,(H,48,49)(H,50,51)(H,52,53)/t17?,18?,21?,22?,23?,24?,25?,26?,27?,28?,29?,30?,31?,35?,36?,38-,39+,40-,41-/m1/s1. The Bertz CT molecular complexity index is 1680. The molecule has 0 bridgehead atoms. The van der Waals surface area contributed by atoms with E-state index in [2.05, 4.69) is 27.7 Å². The molecular formula is C41H60O16. The van der Waals surface area contributed by atoms with Gasteiger partial charge in [-0.3, -0.25) is 9.59 Å². The lowest BCUT2D eigenvalue weighted by Crippen LogP contribution is -2.68. The topological polar surface area (TPSA) is 267 Å². The maximum Gasteiger partial charge on any atom is 0.335 e. The Morgan fingerprint density at radius 1 is 0.684 bits per heavy atom. The smallest absolute Gasteiger partial charge is 0.335 e. The highest BCUT2D eigenvalue weighted by Gasteiger charge is 2.70. The number of aliphatic hydroxyl groups is 5. The van der Waals surface area contributed by atoms with Crippen molar-refractivity contribution in [2.75, 3.05) is 0 Å². The zero-order valence-corrected chi connectivity index (χ0v) is 33.4. The van der Waals surface area contributed by atoms with Gasteiger partial charge < -0.3 is 59.8 Å². The number of carbonyl (C=O) groups excluding carboxylic acids is 1. The molecule has 8 N–H and O–H groups in total. The Hall–Kier alpha value is -2.54. The Labute approximate surface area is 331 Å². The van der Waals surface area contributed by atoms with Crippen LogP contribution in [0.1, 0.15) is 99.3 Å². The highest BCUT2D eigenvalue weighted by atomic mass is 16.8. The maximum absolute atomic E-state index is 14.8. The zero-order chi connectivity index (χ0) is 41.9. The Balaban J connectivity index is 1.17. The van der Waals surface area contributed by atoms with Crippen molar-refractivity contribution in [1.82, 2.24) is 0 Å². The van der Waals surface area contributed by atoms with Crippen molar-refractivity contribution in [1.29, 1.82) is 0 Å². The van der Waals surface area contributed by atoms with E-state index in [-0.39, 0.29) is 34.4 Å². The molecule has 5 aliphatic carbocycles. The van der Waals surface area contributed by atoms with Gasteiger partial charge in [0.05, 0.1) is 12.0 Å². The SMILES string of the molecule is CC1(C)C(OC2OC(C(=O)O)C(O)C(O)C2OC2OC(C(=O)O)C(O)C(O)C2O)CC[C@@]2(C)C1CC[C@]1(C)C2C(=O)C=C2C3CC(C(=O)O)CC[C@]3(C)CC[C@]21C. The molecule has 0 aromatic carbocycles. The summed E-state index contributed by atoms with van der Waals surface area (Å²) >= 11 is 0. The Kier molecular flexibility index (Phi) is 10.7. The van der Waals surface area contributed by atoms with E-state index in [1.807, 2.05) is 19.9 Å². The lowest BCUT2D eigenvalue weighted by Gasteiger charge is -2.70. The van der Waals surface area contributed by atoms with Crippen LogP contribution in [0.15, 0.2) is 11.6 Å². The van der Waals surface area contributed by atoms with Crippen LogP contribution in [0.3, 0.4) is 0 Å². The summed E-state index contributed by atoms with van der Waals surface area (Å²) in [6.45, 7) is 13.0. The van der Waals surface area contributed by atoms with E-state index in [1.54, 1.807) is 0 Å². The lowest BCUT2D eigenvalue weighted by molar-refractivity contribution is -0.371. The molecule has 15 unspecified atom stereocenters. The van der Waals surface area contributed by atoms with Gasteiger partial charge in [-0.25, -0.2) is 9.59 Å². The van der Waals surface area contributed by atoms with Gasteiger partial charge in [-0.1, -0.05) is 47.1 Å². The molecule has 2 aliphatic heterocycles. The first-order valence-electron chi connectivity index (χ1n) is 20.4. The second kappa shape index (κ2) is 14.3. The fourth-order valence-corrected chi connectivity index (χ4v) is 13.2. The van der Waals surface area contributed by atoms with Gasteiger partial charge in [-0.15, -0.1) is 0 Å². The van der Waals surface area contributed by atoms with Crippen molar-refractivity contribution in [3.63, 3.8) is 0 Å². The third-order valence-corrected chi connectivity index (χ3v) is 16.7. The van der Waals surface area contributed by atoms with E-state index in [9.17, 15) is 60.0 Å². The first-order chi connectivity index (χ1) is 26.4. The Morgan fingerprint density at radius 3 is 1.91 bits per heavy atom. The van der Waals surface area contributed by atoms with E-state index >= 15 is 0 Å². The number of allylic oxidation sites excluding steroid dienone is 2. The van der Waals surface area contributed by atoms with E-state index in [0.717, 1.165) is 37.7 Å². The molecule has 0 aromatic rings. The fourth-order valence-electron chi connectivity index (χ4n) is 13.2. The van der Waals surface area contributed by atoms with Crippen molar-refractivity contribution in [2.45, 2.75) is 167 Å². The van der Waals surface area contributed by atoms with E-state index < -0.39 is 108 Å². The largest absolute Gasteiger partial charge is 0.481 e. The molecule has 0 amide bonds. The lowest BCUT2D eigenvalue weighted by atomic mass is 9.33. The third-order valence-electron chi connectivity index (χ3n) is 16.7. The fraction of sp³-hybridized carbons (Fsp3) is 0.854. The molecule has 4 saturated carbocycles. The van der Waals surface area contributed by atoms with Gasteiger partial charge in [0.1, 0.15) is 36.6 Å². The summed E-state index contributed by atoms with van der Waals surface area (Å²) in [5, 5.41) is 82.7. The van der Waals surface area contributed by atoms with Crippen LogP contribution in [0.5, 0.6) is 0 Å². The number of carboxylic acids is 3. The van der Waals surface area contributed by atoms with Crippen LogP contribution in [0.4, 0.5) is 0 Å². The normalized spacial score (nSPS) is 51.9. The number of aliphatic hydroxyl groups excluding tert-OH is 5. The predicted octanol–water partition coefficient (Wildman–Crippen LogP) is 1.86. The van der Waals surface area contributed by atoms with E-state index in [0.29, 0.717) is 25.7 Å². The van der Waals surface area contributed by atoms with Crippen molar-refractivity contribution in [2.24, 2.45) is 50.7 Å². The molecule has 2 saturated heterocycles. The van der Waals surface area contributed by atoms with E-state index in [1.165, 1.54) is 0 Å². The second-order valence-corrected chi connectivity index (χ2v) is 19.9. The highest BCUT2D eigenvalue weighted by Crippen LogP contribution is 2.75. The quantitative estimate of drug-likeness (QED) is 0.171. The minimum atomic E-state index is -2.05. The maximum atomic E-state index is 14.8. The van der Waals surface area contributed by atoms with Gasteiger partial charge in [0.2, 0.25) is 0 Å². The van der Waals surface area contributed by atoms with Crippen LogP contribution < -0.4 is 0 Å². The number of carbonyl (C=O) groups is 4. The molecule has 6 fully saturated rings. The number of carboxylic acid groups (broad SMARTS) is 3. The predicted molar refractivity (Wildman–Crippen MR) is 195 cm³/mol. The second-order valence-electron chi connectivity index (χ2n) is 19.9. The summed E-state index contributed by atoms with van der Waals surface area (Å²) in [7, 11) is 0. The van der Waals surface area contributed by atoms with Crippen LogP contribution in [0, 0.1) is 50.7 Å². The molecule has 57 heavy (non-hydrogen) atoms.